The van der Waals surface area contributed by atoms with Crippen molar-refractivity contribution in [3.63, 3.8) is 0 Å². The molecule has 0 spiro atoms. The van der Waals surface area contributed by atoms with Crippen LogP contribution in [0.25, 0.3) is 10.8 Å². The van der Waals surface area contributed by atoms with Gasteiger partial charge >= 0.3 is 5.97 Å². The van der Waals surface area contributed by atoms with Crippen molar-refractivity contribution in [2.24, 2.45) is 10.2 Å². The number of hydrogen-bond acceptors (Lipinski definition) is 4. The van der Waals surface area contributed by atoms with Gasteiger partial charge < -0.3 is 10.2 Å². The molecule has 5 heteroatoms. The van der Waals surface area contributed by atoms with Gasteiger partial charge in [0.25, 0.3) is 0 Å². The molecule has 0 heterocycles. The lowest BCUT2D eigenvalue weighted by Crippen LogP contribution is -2.09. The molecule has 0 saturated heterocycles. The van der Waals surface area contributed by atoms with Crippen molar-refractivity contribution in [2.45, 2.75) is 32.2 Å². The van der Waals surface area contributed by atoms with Crippen molar-refractivity contribution in [2.75, 3.05) is 0 Å². The summed E-state index contributed by atoms with van der Waals surface area (Å²) in [7, 11) is 0. The minimum Gasteiger partial charge on any atom is -0.505 e. The van der Waals surface area contributed by atoms with Crippen LogP contribution in [0.4, 0.5) is 5.69 Å². The quantitative estimate of drug-likeness (QED) is 0.587. The van der Waals surface area contributed by atoms with Gasteiger partial charge in [-0.2, -0.15) is 10.2 Å². The van der Waals surface area contributed by atoms with Crippen LogP contribution in [0.3, 0.4) is 0 Å². The van der Waals surface area contributed by atoms with Gasteiger partial charge in [0.2, 0.25) is 0 Å². The van der Waals surface area contributed by atoms with Crippen LogP contribution in [0.2, 0.25) is 0 Å². The average Bonchev–Trinajstić information content (AvgIpc) is 2.67. The third kappa shape index (κ3) is 3.16. The number of carbonyl (C=O) groups is 1. The molecule has 3 aromatic rings. The summed E-state index contributed by atoms with van der Waals surface area (Å²) in [6, 6.07) is 14.6. The molecule has 0 aromatic heterocycles. The number of carboxylic acid groups (broad SMARTS) is 1. The Kier molecular flexibility index (Phi) is 4.36. The Morgan fingerprint density at radius 2 is 1.96 bits per heavy atom. The van der Waals surface area contributed by atoms with Crippen LogP contribution in [0, 0.1) is 6.92 Å². The summed E-state index contributed by atoms with van der Waals surface area (Å²) in [6.45, 7) is 1.90. The Hall–Kier alpha value is -3.21. The van der Waals surface area contributed by atoms with Gasteiger partial charge in [-0.1, -0.05) is 30.3 Å². The zero-order valence-electron chi connectivity index (χ0n) is 15.0. The van der Waals surface area contributed by atoms with E-state index in [9.17, 15) is 15.0 Å². The first-order valence-corrected chi connectivity index (χ1v) is 9.03. The van der Waals surface area contributed by atoms with Gasteiger partial charge in [0.05, 0.1) is 11.6 Å². The molecule has 0 saturated carbocycles. The Morgan fingerprint density at radius 3 is 2.78 bits per heavy atom. The number of aryl methyl sites for hydroxylation is 2. The third-order valence-corrected chi connectivity index (χ3v) is 5.16. The number of phenols is 1. The zero-order chi connectivity index (χ0) is 19.0. The molecule has 0 radical (unpaired) electrons. The highest BCUT2D eigenvalue weighted by atomic mass is 16.4. The number of benzene rings is 3. The smallest absolute Gasteiger partial charge is 0.335 e. The molecule has 1 aliphatic rings. The lowest BCUT2D eigenvalue weighted by Gasteiger charge is -2.22. The molecule has 1 atom stereocenters. The fourth-order valence-electron chi connectivity index (χ4n) is 3.74. The first-order chi connectivity index (χ1) is 13.0. The number of hydrogen-bond donors (Lipinski definition) is 2. The van der Waals surface area contributed by atoms with Crippen molar-refractivity contribution < 1.29 is 15.0 Å². The highest BCUT2D eigenvalue weighted by Crippen LogP contribution is 2.40. The Bertz CT molecular complexity index is 1070. The highest BCUT2D eigenvalue weighted by Gasteiger charge is 2.22. The van der Waals surface area contributed by atoms with Gasteiger partial charge in [0, 0.05) is 5.39 Å². The van der Waals surface area contributed by atoms with E-state index in [-0.39, 0.29) is 17.4 Å². The molecule has 3 aromatic carbocycles. The van der Waals surface area contributed by atoms with E-state index in [1.807, 2.05) is 43.3 Å². The first-order valence-electron chi connectivity index (χ1n) is 9.03. The van der Waals surface area contributed by atoms with Crippen molar-refractivity contribution in [3.8, 4) is 5.75 Å². The zero-order valence-corrected chi connectivity index (χ0v) is 15.0. The Balaban J connectivity index is 1.74. The summed E-state index contributed by atoms with van der Waals surface area (Å²) in [6.07, 6.45) is 2.71. The minimum atomic E-state index is -0.943. The SMILES string of the molecule is Cc1cc2ccccc2c(O)c1N=N[C@@H]1CCCc2ccc(C(=O)O)cc21. The molecule has 2 N–H and O–H groups in total. The second-order valence-electron chi connectivity index (χ2n) is 6.95. The topological polar surface area (TPSA) is 82.2 Å². The molecule has 0 aliphatic heterocycles. The minimum absolute atomic E-state index is 0.129. The van der Waals surface area contributed by atoms with Crippen molar-refractivity contribution in [1.82, 2.24) is 0 Å². The summed E-state index contributed by atoms with van der Waals surface area (Å²) in [5.41, 5.74) is 3.62. The average molecular weight is 360 g/mol. The van der Waals surface area contributed by atoms with Gasteiger partial charge in [-0.3, -0.25) is 0 Å². The number of nitrogens with zero attached hydrogens (tertiary/aromatic N) is 2. The van der Waals surface area contributed by atoms with E-state index in [1.165, 1.54) is 0 Å². The molecule has 0 bridgehead atoms. The van der Waals surface area contributed by atoms with Gasteiger partial charge in [-0.05, 0) is 66.5 Å². The van der Waals surface area contributed by atoms with Crippen LogP contribution in [-0.4, -0.2) is 16.2 Å². The molecule has 0 amide bonds. The summed E-state index contributed by atoms with van der Waals surface area (Å²) in [5.74, 6) is -0.813. The monoisotopic (exact) mass is 360 g/mol. The highest BCUT2D eigenvalue weighted by molar-refractivity contribution is 5.93. The van der Waals surface area contributed by atoms with Crippen LogP contribution in [0.5, 0.6) is 5.75 Å². The van der Waals surface area contributed by atoms with Gasteiger partial charge in [0.1, 0.15) is 5.69 Å². The van der Waals surface area contributed by atoms with E-state index in [2.05, 4.69) is 10.2 Å². The van der Waals surface area contributed by atoms with Crippen LogP contribution in [0.15, 0.2) is 58.8 Å². The molecule has 136 valence electrons. The van der Waals surface area contributed by atoms with Gasteiger partial charge in [0.15, 0.2) is 5.75 Å². The predicted octanol–water partition coefficient (Wildman–Crippen LogP) is 5.71. The summed E-state index contributed by atoms with van der Waals surface area (Å²) >= 11 is 0. The van der Waals surface area contributed by atoms with E-state index in [0.29, 0.717) is 5.69 Å². The molecule has 0 unspecified atom stereocenters. The second kappa shape index (κ2) is 6.83. The van der Waals surface area contributed by atoms with E-state index in [1.54, 1.807) is 12.1 Å². The van der Waals surface area contributed by atoms with Gasteiger partial charge in [-0.15, -0.1) is 0 Å². The number of aromatic carboxylic acids is 1. The van der Waals surface area contributed by atoms with E-state index in [0.717, 1.165) is 46.7 Å². The number of carboxylic acids is 1. The molecular formula is C22H20N2O3. The maximum absolute atomic E-state index is 11.3. The second-order valence-corrected chi connectivity index (χ2v) is 6.95. The lowest BCUT2D eigenvalue weighted by atomic mass is 9.87. The summed E-state index contributed by atoms with van der Waals surface area (Å²) < 4.78 is 0. The summed E-state index contributed by atoms with van der Waals surface area (Å²) in [4.78, 5) is 11.3. The summed E-state index contributed by atoms with van der Waals surface area (Å²) in [5, 5.41) is 30.5. The maximum atomic E-state index is 11.3. The molecule has 0 fully saturated rings. The maximum Gasteiger partial charge on any atom is 0.335 e. The third-order valence-electron chi connectivity index (χ3n) is 5.16. The molecule has 4 rings (SSSR count). The lowest BCUT2D eigenvalue weighted by molar-refractivity contribution is 0.0696. The molecule has 1 aliphatic carbocycles. The number of rotatable bonds is 3. The van der Waals surface area contributed by atoms with Crippen LogP contribution in [0.1, 0.15) is 45.9 Å². The molecular weight excluding hydrogens is 340 g/mol. The fraction of sp³-hybridized carbons (Fsp3) is 0.227. The standard InChI is InChI=1S/C22H20N2O3/c1-13-11-15-5-2-3-7-17(15)21(25)20(13)24-23-19-8-4-6-14-9-10-16(22(26)27)12-18(14)19/h2-3,5,7,9-12,19,25H,4,6,8H2,1H3,(H,26,27)/t19-/m1/s1. The number of phenolic OH excluding ortho intramolecular Hbond substituents is 1. The number of fused-ring (bicyclic) bond motifs is 2. The molecule has 27 heavy (non-hydrogen) atoms. The fourth-order valence-corrected chi connectivity index (χ4v) is 3.74. The van der Waals surface area contributed by atoms with E-state index in [4.69, 9.17) is 0 Å². The number of aromatic hydroxyl groups is 1. The Labute approximate surface area is 157 Å². The van der Waals surface area contributed by atoms with Crippen molar-refractivity contribution in [1.29, 1.82) is 0 Å². The molecule has 5 nitrogen and oxygen atoms in total. The van der Waals surface area contributed by atoms with Crippen LogP contribution >= 0.6 is 0 Å². The first kappa shape index (κ1) is 17.2. The van der Waals surface area contributed by atoms with Crippen molar-refractivity contribution >= 4 is 22.4 Å². The van der Waals surface area contributed by atoms with Crippen LogP contribution in [-0.2, 0) is 6.42 Å². The van der Waals surface area contributed by atoms with Crippen LogP contribution < -0.4 is 0 Å². The van der Waals surface area contributed by atoms with Gasteiger partial charge in [-0.25, -0.2) is 4.79 Å². The van der Waals surface area contributed by atoms with E-state index < -0.39 is 5.97 Å². The normalized spacial score (nSPS) is 16.6. The van der Waals surface area contributed by atoms with E-state index >= 15 is 0 Å². The van der Waals surface area contributed by atoms with Crippen molar-refractivity contribution in [3.05, 3.63) is 70.8 Å². The largest absolute Gasteiger partial charge is 0.505 e. The number of azo groups is 1. The Morgan fingerprint density at radius 1 is 1.15 bits per heavy atom. The predicted molar refractivity (Wildman–Crippen MR) is 104 cm³/mol.